The van der Waals surface area contributed by atoms with Gasteiger partial charge in [0.25, 0.3) is 0 Å². The molecule has 3 aliphatic carbocycles. The van der Waals surface area contributed by atoms with Crippen LogP contribution < -0.4 is 4.74 Å². The molecule has 2 bridgehead atoms. The zero-order valence-electron chi connectivity index (χ0n) is 29.3. The lowest BCUT2D eigenvalue weighted by atomic mass is 9.78. The minimum atomic E-state index is -0.562. The van der Waals surface area contributed by atoms with E-state index < -0.39 is 6.10 Å². The molecule has 0 radical (unpaired) electrons. The number of aliphatic hydroxyl groups is 1. The van der Waals surface area contributed by atoms with Crippen LogP contribution in [0.25, 0.3) is 0 Å². The molecule has 3 fully saturated rings. The molecular weight excluding hydrogens is 580 g/mol. The largest absolute Gasteiger partial charge is 0.497 e. The number of Topliss-reactive ketones (excluding diaryl/α,β-unsaturated/α-hetero) is 3. The Morgan fingerprint density at radius 2 is 1.28 bits per heavy atom. The fourth-order valence-electron chi connectivity index (χ4n) is 6.95. The first-order valence-corrected chi connectivity index (χ1v) is 16.9. The van der Waals surface area contributed by atoms with E-state index in [1.165, 1.54) is 50.0 Å². The van der Waals surface area contributed by atoms with Gasteiger partial charge in [0.15, 0.2) is 17.3 Å². The molecule has 5 atom stereocenters. The highest BCUT2D eigenvalue weighted by molar-refractivity contribution is 6.35. The van der Waals surface area contributed by atoms with Crippen LogP contribution in [-0.4, -0.2) is 48.2 Å². The first-order valence-electron chi connectivity index (χ1n) is 16.9. The number of benzene rings is 2. The average Bonchev–Trinajstić information content (AvgIpc) is 3.79. The van der Waals surface area contributed by atoms with Crippen molar-refractivity contribution < 1.29 is 33.8 Å². The van der Waals surface area contributed by atoms with E-state index in [4.69, 9.17) is 4.74 Å². The predicted octanol–water partition coefficient (Wildman–Crippen LogP) is 7.93. The van der Waals surface area contributed by atoms with Gasteiger partial charge in [-0.1, -0.05) is 63.6 Å². The van der Waals surface area contributed by atoms with Crippen molar-refractivity contribution in [2.45, 2.75) is 111 Å². The molecule has 5 rings (SSSR count). The van der Waals surface area contributed by atoms with Crippen LogP contribution in [0, 0.1) is 23.7 Å². The molecule has 0 aliphatic heterocycles. The van der Waals surface area contributed by atoms with Gasteiger partial charge in [0.1, 0.15) is 5.75 Å². The maximum Gasteiger partial charge on any atom is 0.302 e. The van der Waals surface area contributed by atoms with Crippen LogP contribution in [-0.2, 0) is 24.5 Å². The van der Waals surface area contributed by atoms with Gasteiger partial charge >= 0.3 is 5.97 Å². The van der Waals surface area contributed by atoms with Gasteiger partial charge in [0, 0.05) is 38.2 Å². The number of ketones is 3. The minimum absolute atomic E-state index is 0.0156. The van der Waals surface area contributed by atoms with Crippen molar-refractivity contribution in [1.29, 1.82) is 0 Å². The quantitative estimate of drug-likeness (QED) is 0.169. The van der Waals surface area contributed by atoms with Crippen molar-refractivity contribution in [2.75, 3.05) is 13.7 Å². The molecule has 3 saturated carbocycles. The second-order valence-corrected chi connectivity index (χ2v) is 13.2. The Labute approximate surface area is 276 Å². The van der Waals surface area contributed by atoms with E-state index in [-0.39, 0.29) is 35.2 Å². The summed E-state index contributed by atoms with van der Waals surface area (Å²) < 4.78 is 9.62. The van der Waals surface area contributed by atoms with Crippen LogP contribution >= 0.6 is 0 Å². The number of methoxy groups -OCH3 is 1. The number of hydrogen-bond donors (Lipinski definition) is 1. The molecule has 0 saturated heterocycles. The highest BCUT2D eigenvalue weighted by Gasteiger charge is 2.48. The molecule has 7 nitrogen and oxygen atoms in total. The molecule has 2 aromatic rings. The SMILES string of the molecule is C1CC2C3CCC(C3)C2C1.CC(=O)C(C)=O.CCC(O)CC(=O)c1ccc(C(C)(C)c2ccc(OC)cc2)cc1.CCOC(C)=O. The number of carbonyl (C=O) groups is 4. The van der Waals surface area contributed by atoms with E-state index in [9.17, 15) is 24.3 Å². The lowest BCUT2D eigenvalue weighted by molar-refractivity contribution is -0.140. The van der Waals surface area contributed by atoms with E-state index in [1.807, 2.05) is 43.3 Å². The Morgan fingerprint density at radius 3 is 1.65 bits per heavy atom. The standard InChI is InChI=1S/C21H26O3.C10H16.C4H8O2.C4H6O2/c1-5-18(22)14-20(23)15-6-8-16(9-7-15)21(2,3)17-10-12-19(24-4)13-11-17;1-2-9-7-4-5-8(6-7)10(9)3-1;1-3-6-4(2)5;1-3(5)4(2)6/h6-13,18,22H,5,14H2,1-4H3;7-10H,1-6H2;3H2,1-2H3;1-2H3. The molecule has 46 heavy (non-hydrogen) atoms. The average molecular weight is 637 g/mol. The van der Waals surface area contributed by atoms with E-state index in [0.717, 1.165) is 11.3 Å². The van der Waals surface area contributed by atoms with E-state index in [0.29, 0.717) is 18.6 Å². The molecule has 0 heterocycles. The fraction of sp³-hybridized carbons (Fsp3) is 0.590. The molecule has 2 aromatic carbocycles. The van der Waals surface area contributed by atoms with Crippen molar-refractivity contribution in [3.63, 3.8) is 0 Å². The molecule has 0 spiro atoms. The third-order valence-electron chi connectivity index (χ3n) is 9.83. The summed E-state index contributed by atoms with van der Waals surface area (Å²) in [5.74, 6) is 4.65. The van der Waals surface area contributed by atoms with Crippen molar-refractivity contribution in [1.82, 2.24) is 0 Å². The molecule has 254 valence electrons. The maximum absolute atomic E-state index is 12.1. The summed E-state index contributed by atoms with van der Waals surface area (Å²) in [5.41, 5.74) is 2.80. The number of aliphatic hydroxyl groups excluding tert-OH is 1. The summed E-state index contributed by atoms with van der Waals surface area (Å²) in [7, 11) is 1.66. The monoisotopic (exact) mass is 636 g/mol. The van der Waals surface area contributed by atoms with Gasteiger partial charge in [-0.25, -0.2) is 0 Å². The number of esters is 1. The van der Waals surface area contributed by atoms with E-state index >= 15 is 0 Å². The van der Waals surface area contributed by atoms with Gasteiger partial charge in [-0.3, -0.25) is 19.2 Å². The van der Waals surface area contributed by atoms with Crippen LogP contribution in [0.15, 0.2) is 48.5 Å². The van der Waals surface area contributed by atoms with Crippen LogP contribution in [0.1, 0.15) is 121 Å². The minimum Gasteiger partial charge on any atom is -0.497 e. The van der Waals surface area contributed by atoms with E-state index in [2.05, 4.69) is 30.7 Å². The zero-order chi connectivity index (χ0) is 34.4. The summed E-state index contributed by atoms with van der Waals surface area (Å²) in [6, 6.07) is 15.7. The first-order chi connectivity index (χ1) is 21.7. The third kappa shape index (κ3) is 11.5. The van der Waals surface area contributed by atoms with E-state index in [1.54, 1.807) is 52.6 Å². The van der Waals surface area contributed by atoms with Gasteiger partial charge < -0.3 is 14.6 Å². The molecule has 5 unspecified atom stereocenters. The Kier molecular flexibility index (Phi) is 15.8. The third-order valence-corrected chi connectivity index (χ3v) is 9.83. The summed E-state index contributed by atoms with van der Waals surface area (Å²) in [6.45, 7) is 12.3. The van der Waals surface area contributed by atoms with Crippen LogP contribution in [0.5, 0.6) is 5.75 Å². The maximum atomic E-state index is 12.1. The lowest BCUT2D eigenvalue weighted by Crippen LogP contribution is -2.19. The van der Waals surface area contributed by atoms with Crippen LogP contribution in [0.4, 0.5) is 0 Å². The van der Waals surface area contributed by atoms with Crippen molar-refractivity contribution >= 4 is 23.3 Å². The molecule has 1 N–H and O–H groups in total. The van der Waals surface area contributed by atoms with Gasteiger partial charge in [-0.15, -0.1) is 0 Å². The highest BCUT2D eigenvalue weighted by Crippen LogP contribution is 2.58. The molecule has 7 heteroatoms. The number of hydrogen-bond acceptors (Lipinski definition) is 7. The second kappa shape index (κ2) is 18.7. The summed E-state index contributed by atoms with van der Waals surface area (Å²) in [4.78, 5) is 41.6. The van der Waals surface area contributed by atoms with Crippen LogP contribution in [0.3, 0.4) is 0 Å². The molecule has 0 aromatic heterocycles. The highest BCUT2D eigenvalue weighted by atomic mass is 16.5. The Morgan fingerprint density at radius 1 is 0.804 bits per heavy atom. The normalized spacial score (nSPS) is 21.2. The number of rotatable bonds is 9. The van der Waals surface area contributed by atoms with Gasteiger partial charge in [0.2, 0.25) is 0 Å². The van der Waals surface area contributed by atoms with Gasteiger partial charge in [0.05, 0.1) is 19.8 Å². The first kappa shape index (κ1) is 38.9. The summed E-state index contributed by atoms with van der Waals surface area (Å²) in [5, 5.41) is 9.63. The second-order valence-electron chi connectivity index (χ2n) is 13.2. The smallest absolute Gasteiger partial charge is 0.302 e. The number of fused-ring (bicyclic) bond motifs is 5. The van der Waals surface area contributed by atoms with Crippen molar-refractivity contribution in [3.8, 4) is 5.75 Å². The Balaban J connectivity index is 0.000000269. The molecule has 0 amide bonds. The zero-order valence-corrected chi connectivity index (χ0v) is 29.3. The van der Waals surface area contributed by atoms with Crippen molar-refractivity contribution in [3.05, 3.63) is 65.2 Å². The van der Waals surface area contributed by atoms with Gasteiger partial charge in [-0.2, -0.15) is 0 Å². The Hall–Kier alpha value is -3.32. The fourth-order valence-corrected chi connectivity index (χ4v) is 6.95. The Bertz CT molecular complexity index is 1230. The summed E-state index contributed by atoms with van der Waals surface area (Å²) >= 11 is 0. The molecule has 3 aliphatic rings. The lowest BCUT2D eigenvalue weighted by Gasteiger charge is -2.26. The van der Waals surface area contributed by atoms with Crippen LogP contribution in [0.2, 0.25) is 0 Å². The number of carbonyl (C=O) groups excluding carboxylic acids is 4. The predicted molar refractivity (Wildman–Crippen MR) is 182 cm³/mol. The summed E-state index contributed by atoms with van der Waals surface area (Å²) in [6.07, 6.45) is 9.74. The topological polar surface area (TPSA) is 107 Å². The number of ether oxygens (including phenoxy) is 2. The van der Waals surface area contributed by atoms with Gasteiger partial charge in [-0.05, 0) is 92.4 Å². The van der Waals surface area contributed by atoms with Crippen molar-refractivity contribution in [2.24, 2.45) is 23.7 Å². The molecular formula is C39H56O7.